The number of nitrogens with zero attached hydrogens (tertiary/aromatic N) is 2. The molecule has 0 aliphatic heterocycles. The summed E-state index contributed by atoms with van der Waals surface area (Å²) >= 11 is 1.41. The van der Waals surface area contributed by atoms with E-state index in [0.717, 1.165) is 10.5 Å². The lowest BCUT2D eigenvalue weighted by atomic mass is 10.2. The molecule has 1 aromatic carbocycles. The van der Waals surface area contributed by atoms with Crippen LogP contribution in [0.15, 0.2) is 27.5 Å². The lowest BCUT2D eigenvalue weighted by molar-refractivity contribution is -0.113. The van der Waals surface area contributed by atoms with E-state index in [-0.39, 0.29) is 17.7 Å². The molecule has 0 spiro atoms. The number of aryl methyl sites for hydroxylation is 2. The minimum absolute atomic E-state index is 0.118. The van der Waals surface area contributed by atoms with Crippen molar-refractivity contribution in [1.29, 1.82) is 0 Å². The molecule has 0 atom stereocenters. The van der Waals surface area contributed by atoms with Crippen LogP contribution in [0, 0.1) is 13.8 Å². The van der Waals surface area contributed by atoms with E-state index in [1.54, 1.807) is 6.92 Å². The first kappa shape index (κ1) is 13.4. The second-order valence-corrected chi connectivity index (χ2v) is 5.01. The van der Waals surface area contributed by atoms with Crippen LogP contribution in [-0.2, 0) is 4.79 Å². The summed E-state index contributed by atoms with van der Waals surface area (Å²) in [5, 5.41) is 9.86. The lowest BCUT2D eigenvalue weighted by Crippen LogP contribution is -2.14. The van der Waals surface area contributed by atoms with Crippen LogP contribution in [0.4, 0.5) is 11.7 Å². The fraction of sp³-hybridized carbons (Fsp3) is 0.250. The molecule has 6 nitrogen and oxygen atoms in total. The number of nitrogens with two attached hydrogens (primary N) is 1. The van der Waals surface area contributed by atoms with Crippen molar-refractivity contribution < 1.29 is 9.21 Å². The molecule has 0 fully saturated rings. The number of thioether (sulfide) groups is 1. The summed E-state index contributed by atoms with van der Waals surface area (Å²) in [5.74, 6) is 0.469. The van der Waals surface area contributed by atoms with Crippen LogP contribution in [0.1, 0.15) is 11.5 Å². The highest BCUT2D eigenvalue weighted by atomic mass is 32.2. The van der Waals surface area contributed by atoms with Crippen molar-refractivity contribution in [3.63, 3.8) is 0 Å². The Morgan fingerprint density at radius 2 is 2.21 bits per heavy atom. The van der Waals surface area contributed by atoms with Crippen molar-refractivity contribution in [2.45, 2.75) is 18.7 Å². The number of anilines is 2. The van der Waals surface area contributed by atoms with Crippen LogP contribution in [0.3, 0.4) is 0 Å². The van der Waals surface area contributed by atoms with Crippen LogP contribution in [0.25, 0.3) is 0 Å². The maximum absolute atomic E-state index is 11.7. The number of rotatable bonds is 4. The van der Waals surface area contributed by atoms with E-state index in [1.165, 1.54) is 11.8 Å². The third-order valence-electron chi connectivity index (χ3n) is 2.34. The third-order valence-corrected chi connectivity index (χ3v) is 3.50. The van der Waals surface area contributed by atoms with Crippen molar-refractivity contribution in [1.82, 2.24) is 10.2 Å². The van der Waals surface area contributed by atoms with Gasteiger partial charge in [-0.2, -0.15) is 0 Å². The Bertz CT molecular complexity index is 597. The topological polar surface area (TPSA) is 94.0 Å². The Morgan fingerprint density at radius 1 is 1.42 bits per heavy atom. The van der Waals surface area contributed by atoms with Gasteiger partial charge in [-0.3, -0.25) is 10.1 Å². The molecule has 100 valence electrons. The first-order valence-electron chi connectivity index (χ1n) is 5.63. The number of hydrogen-bond donors (Lipinski definition) is 2. The molecule has 0 aliphatic rings. The van der Waals surface area contributed by atoms with Crippen molar-refractivity contribution >= 4 is 29.4 Å². The summed E-state index contributed by atoms with van der Waals surface area (Å²) in [4.78, 5) is 12.7. The van der Waals surface area contributed by atoms with Crippen molar-refractivity contribution in [2.75, 3.05) is 16.8 Å². The Morgan fingerprint density at radius 3 is 2.89 bits per heavy atom. The summed E-state index contributed by atoms with van der Waals surface area (Å²) in [6, 6.07) is 5.73. The van der Waals surface area contributed by atoms with Gasteiger partial charge in [0.2, 0.25) is 11.8 Å². The summed E-state index contributed by atoms with van der Waals surface area (Å²) in [7, 11) is 0. The summed E-state index contributed by atoms with van der Waals surface area (Å²) in [5.41, 5.74) is 7.48. The van der Waals surface area contributed by atoms with Gasteiger partial charge in [0.25, 0.3) is 0 Å². The minimum Gasteiger partial charge on any atom is -0.408 e. The number of amides is 1. The summed E-state index contributed by atoms with van der Waals surface area (Å²) in [6.45, 7) is 3.63. The molecular formula is C12H14N4O2S. The van der Waals surface area contributed by atoms with Crippen LogP contribution in [0.2, 0.25) is 0 Å². The van der Waals surface area contributed by atoms with E-state index < -0.39 is 0 Å². The zero-order chi connectivity index (χ0) is 13.8. The molecule has 0 saturated heterocycles. The zero-order valence-corrected chi connectivity index (χ0v) is 11.5. The van der Waals surface area contributed by atoms with Gasteiger partial charge in [0.05, 0.1) is 5.75 Å². The predicted octanol–water partition coefficient (Wildman–Crippen LogP) is 2.00. The molecule has 2 rings (SSSR count). The van der Waals surface area contributed by atoms with E-state index in [1.807, 2.05) is 25.1 Å². The molecule has 0 radical (unpaired) electrons. The molecule has 3 N–H and O–H groups in total. The number of benzene rings is 1. The minimum atomic E-state index is -0.199. The number of carbonyl (C=O) groups excluding carboxylic acids is 1. The highest BCUT2D eigenvalue weighted by Crippen LogP contribution is 2.24. The highest BCUT2D eigenvalue weighted by molar-refractivity contribution is 8.00. The van der Waals surface area contributed by atoms with Crippen molar-refractivity contribution in [2.24, 2.45) is 0 Å². The van der Waals surface area contributed by atoms with Gasteiger partial charge >= 0.3 is 6.01 Å². The van der Waals surface area contributed by atoms with Gasteiger partial charge < -0.3 is 10.2 Å². The molecule has 0 bridgehead atoms. The molecule has 1 heterocycles. The molecular weight excluding hydrogens is 264 g/mol. The monoisotopic (exact) mass is 278 g/mol. The van der Waals surface area contributed by atoms with Crippen molar-refractivity contribution in [3.8, 4) is 0 Å². The maximum atomic E-state index is 11.7. The predicted molar refractivity (Wildman–Crippen MR) is 74.0 cm³/mol. The fourth-order valence-corrected chi connectivity index (χ4v) is 2.29. The number of nitrogen functional groups attached to an aromatic ring is 1. The smallest absolute Gasteiger partial charge is 0.322 e. The fourth-order valence-electron chi connectivity index (χ4n) is 1.42. The summed E-state index contributed by atoms with van der Waals surface area (Å²) < 4.78 is 5.07. The Balaban J connectivity index is 1.91. The van der Waals surface area contributed by atoms with Gasteiger partial charge in [0, 0.05) is 17.5 Å². The molecule has 1 aromatic heterocycles. The van der Waals surface area contributed by atoms with Gasteiger partial charge in [0.1, 0.15) is 0 Å². The first-order valence-corrected chi connectivity index (χ1v) is 6.62. The standard InChI is InChI=1S/C12H14N4O2S/c1-7-3-4-9(13)5-10(7)19-6-11(17)14-12-16-15-8(2)18-12/h3-5H,6,13H2,1-2H3,(H,14,16,17). The second-order valence-electron chi connectivity index (χ2n) is 3.99. The molecule has 0 saturated carbocycles. The highest BCUT2D eigenvalue weighted by Gasteiger charge is 2.09. The van der Waals surface area contributed by atoms with Crippen LogP contribution in [-0.4, -0.2) is 21.9 Å². The lowest BCUT2D eigenvalue weighted by Gasteiger charge is -2.06. The van der Waals surface area contributed by atoms with E-state index in [2.05, 4.69) is 15.5 Å². The number of aromatic nitrogens is 2. The van der Waals surface area contributed by atoms with Crippen LogP contribution >= 0.6 is 11.8 Å². The van der Waals surface area contributed by atoms with E-state index in [4.69, 9.17) is 10.2 Å². The largest absolute Gasteiger partial charge is 0.408 e. The van der Waals surface area contributed by atoms with Crippen LogP contribution in [0.5, 0.6) is 0 Å². The molecule has 0 aliphatic carbocycles. The van der Waals surface area contributed by atoms with Crippen molar-refractivity contribution in [3.05, 3.63) is 29.7 Å². The Hall–Kier alpha value is -2.02. The Kier molecular flexibility index (Phi) is 4.06. The quantitative estimate of drug-likeness (QED) is 0.656. The summed E-state index contributed by atoms with van der Waals surface area (Å²) in [6.07, 6.45) is 0. The molecule has 19 heavy (non-hydrogen) atoms. The number of hydrogen-bond acceptors (Lipinski definition) is 6. The van der Waals surface area contributed by atoms with E-state index in [0.29, 0.717) is 11.6 Å². The van der Waals surface area contributed by atoms with E-state index >= 15 is 0 Å². The second kappa shape index (κ2) is 5.75. The van der Waals surface area contributed by atoms with Gasteiger partial charge in [-0.25, -0.2) is 0 Å². The maximum Gasteiger partial charge on any atom is 0.322 e. The third kappa shape index (κ3) is 3.72. The number of nitrogens with one attached hydrogen (secondary N) is 1. The number of carbonyl (C=O) groups is 1. The zero-order valence-electron chi connectivity index (χ0n) is 10.6. The average molecular weight is 278 g/mol. The average Bonchev–Trinajstić information content (AvgIpc) is 2.76. The van der Waals surface area contributed by atoms with Gasteiger partial charge in [-0.05, 0) is 24.6 Å². The molecule has 7 heteroatoms. The molecule has 2 aromatic rings. The normalized spacial score (nSPS) is 10.4. The van der Waals surface area contributed by atoms with Gasteiger partial charge in [-0.1, -0.05) is 11.2 Å². The molecule has 1 amide bonds. The Labute approximate surface area is 114 Å². The SMILES string of the molecule is Cc1nnc(NC(=O)CSc2cc(N)ccc2C)o1. The first-order chi connectivity index (χ1) is 9.04. The van der Waals surface area contributed by atoms with Crippen LogP contribution < -0.4 is 11.1 Å². The van der Waals surface area contributed by atoms with Gasteiger partial charge in [0.15, 0.2) is 0 Å². The van der Waals surface area contributed by atoms with Gasteiger partial charge in [-0.15, -0.1) is 16.9 Å². The molecule has 0 unspecified atom stereocenters. The van der Waals surface area contributed by atoms with E-state index in [9.17, 15) is 4.79 Å².